The first-order valence-electron chi connectivity index (χ1n) is 9.36. The van der Waals surface area contributed by atoms with Crippen molar-refractivity contribution in [2.24, 2.45) is 7.05 Å². The number of aromatic nitrogens is 6. The summed E-state index contributed by atoms with van der Waals surface area (Å²) in [6.07, 6.45) is 3.89. The molecule has 0 bridgehead atoms. The number of anilines is 1. The highest BCUT2D eigenvalue weighted by molar-refractivity contribution is 5.63. The quantitative estimate of drug-likeness (QED) is 0.501. The van der Waals surface area contributed by atoms with E-state index in [0.717, 1.165) is 28.3 Å². The van der Waals surface area contributed by atoms with Gasteiger partial charge in [0.2, 0.25) is 0 Å². The summed E-state index contributed by atoms with van der Waals surface area (Å²) in [6.45, 7) is 0.662. The standard InChI is InChI=1S/C22H19N7/c1-28-15-19(14-24-28)18-9-5-6-16(12-18)13-23-20-10-11-21-25-26-22(29(21)27-20)17-7-3-2-4-8-17/h2-12,14-15H,13H2,1H3,(H,23,27). The molecule has 0 fully saturated rings. The highest BCUT2D eigenvalue weighted by Crippen LogP contribution is 2.21. The first-order chi connectivity index (χ1) is 14.3. The Balaban J connectivity index is 1.39. The molecule has 0 aliphatic heterocycles. The number of nitrogens with one attached hydrogen (secondary N) is 1. The lowest BCUT2D eigenvalue weighted by atomic mass is 10.1. The Morgan fingerprint density at radius 3 is 2.55 bits per heavy atom. The van der Waals surface area contributed by atoms with Gasteiger partial charge in [-0.25, -0.2) is 0 Å². The van der Waals surface area contributed by atoms with Gasteiger partial charge in [-0.1, -0.05) is 48.5 Å². The molecule has 0 saturated carbocycles. The van der Waals surface area contributed by atoms with Crippen LogP contribution in [0.5, 0.6) is 0 Å². The van der Waals surface area contributed by atoms with Crippen molar-refractivity contribution in [1.29, 1.82) is 0 Å². The average Bonchev–Trinajstić information content (AvgIpc) is 3.39. The molecule has 0 spiro atoms. The van der Waals surface area contributed by atoms with Crippen LogP contribution in [0.1, 0.15) is 5.56 Å². The van der Waals surface area contributed by atoms with Crippen LogP contribution in [0, 0.1) is 0 Å². The van der Waals surface area contributed by atoms with Crippen LogP contribution in [0.2, 0.25) is 0 Å². The summed E-state index contributed by atoms with van der Waals surface area (Å²) < 4.78 is 3.58. The van der Waals surface area contributed by atoms with E-state index in [9.17, 15) is 0 Å². The van der Waals surface area contributed by atoms with E-state index in [-0.39, 0.29) is 0 Å². The third kappa shape index (κ3) is 3.45. The Morgan fingerprint density at radius 1 is 0.862 bits per heavy atom. The summed E-state index contributed by atoms with van der Waals surface area (Å²) in [4.78, 5) is 0. The van der Waals surface area contributed by atoms with Crippen LogP contribution in [0.4, 0.5) is 5.82 Å². The molecule has 0 unspecified atom stereocenters. The van der Waals surface area contributed by atoms with Gasteiger partial charge in [0, 0.05) is 30.9 Å². The lowest BCUT2D eigenvalue weighted by Gasteiger charge is -2.08. The van der Waals surface area contributed by atoms with Crippen LogP contribution in [0.15, 0.2) is 79.1 Å². The van der Waals surface area contributed by atoms with E-state index in [1.165, 1.54) is 5.56 Å². The van der Waals surface area contributed by atoms with E-state index in [4.69, 9.17) is 0 Å². The number of fused-ring (bicyclic) bond motifs is 1. The summed E-state index contributed by atoms with van der Waals surface area (Å²) in [5.41, 5.74) is 5.11. The Labute approximate surface area is 167 Å². The summed E-state index contributed by atoms with van der Waals surface area (Å²) in [7, 11) is 1.92. The van der Waals surface area contributed by atoms with E-state index in [0.29, 0.717) is 12.2 Å². The van der Waals surface area contributed by atoms with Crippen molar-refractivity contribution in [2.75, 3.05) is 5.32 Å². The fourth-order valence-corrected chi connectivity index (χ4v) is 3.27. The van der Waals surface area contributed by atoms with Gasteiger partial charge in [-0.05, 0) is 29.3 Å². The molecule has 0 amide bonds. The van der Waals surface area contributed by atoms with Gasteiger partial charge in [0.05, 0.1) is 6.20 Å². The lowest BCUT2D eigenvalue weighted by molar-refractivity contribution is 0.768. The van der Waals surface area contributed by atoms with E-state index in [1.807, 2.05) is 66.6 Å². The zero-order valence-corrected chi connectivity index (χ0v) is 15.9. The van der Waals surface area contributed by atoms with Crippen molar-refractivity contribution in [2.45, 2.75) is 6.54 Å². The van der Waals surface area contributed by atoms with Crippen LogP contribution < -0.4 is 5.32 Å². The van der Waals surface area contributed by atoms with Gasteiger partial charge in [0.25, 0.3) is 0 Å². The summed E-state index contributed by atoms with van der Waals surface area (Å²) >= 11 is 0. The lowest BCUT2D eigenvalue weighted by Crippen LogP contribution is -2.05. The number of rotatable bonds is 5. The van der Waals surface area contributed by atoms with Crippen LogP contribution in [0.25, 0.3) is 28.2 Å². The molecule has 0 atom stereocenters. The molecular formula is C22H19N7. The van der Waals surface area contributed by atoms with Gasteiger partial charge in [-0.2, -0.15) is 9.61 Å². The molecule has 1 N–H and O–H groups in total. The maximum Gasteiger partial charge on any atom is 0.185 e. The minimum atomic E-state index is 0.662. The minimum Gasteiger partial charge on any atom is -0.365 e. The highest BCUT2D eigenvalue weighted by atomic mass is 15.4. The van der Waals surface area contributed by atoms with Gasteiger partial charge in [-0.3, -0.25) is 4.68 Å². The second-order valence-electron chi connectivity index (χ2n) is 6.83. The molecule has 29 heavy (non-hydrogen) atoms. The number of aryl methyl sites for hydroxylation is 1. The SMILES string of the molecule is Cn1cc(-c2cccc(CNc3ccc4nnc(-c5ccccc5)n4n3)c2)cn1. The van der Waals surface area contributed by atoms with Crippen LogP contribution in [-0.2, 0) is 13.6 Å². The average molecular weight is 381 g/mol. The first kappa shape index (κ1) is 17.1. The molecule has 2 aromatic carbocycles. The fourth-order valence-electron chi connectivity index (χ4n) is 3.27. The number of hydrogen-bond donors (Lipinski definition) is 1. The van der Waals surface area contributed by atoms with E-state index in [2.05, 4.69) is 50.0 Å². The van der Waals surface area contributed by atoms with E-state index >= 15 is 0 Å². The molecule has 3 heterocycles. The Morgan fingerprint density at radius 2 is 1.72 bits per heavy atom. The number of nitrogens with zero attached hydrogens (tertiary/aromatic N) is 6. The zero-order chi connectivity index (χ0) is 19.6. The number of hydrogen-bond acceptors (Lipinski definition) is 5. The van der Waals surface area contributed by atoms with E-state index < -0.39 is 0 Å². The van der Waals surface area contributed by atoms with E-state index in [1.54, 1.807) is 4.52 Å². The predicted molar refractivity (Wildman–Crippen MR) is 112 cm³/mol. The van der Waals surface area contributed by atoms with Gasteiger partial charge < -0.3 is 5.32 Å². The molecule has 7 nitrogen and oxygen atoms in total. The molecule has 0 radical (unpaired) electrons. The smallest absolute Gasteiger partial charge is 0.185 e. The van der Waals surface area contributed by atoms with Crippen molar-refractivity contribution in [1.82, 2.24) is 29.6 Å². The zero-order valence-electron chi connectivity index (χ0n) is 15.9. The molecular weight excluding hydrogens is 362 g/mol. The van der Waals surface area contributed by atoms with Crippen molar-refractivity contribution in [3.8, 4) is 22.5 Å². The topological polar surface area (TPSA) is 72.9 Å². The first-order valence-corrected chi connectivity index (χ1v) is 9.36. The second kappa shape index (κ2) is 7.20. The van der Waals surface area contributed by atoms with Crippen molar-refractivity contribution in [3.63, 3.8) is 0 Å². The maximum absolute atomic E-state index is 4.68. The molecule has 0 saturated heterocycles. The molecule has 5 rings (SSSR count). The molecule has 0 aliphatic carbocycles. The van der Waals surface area contributed by atoms with Gasteiger partial charge in [-0.15, -0.1) is 15.3 Å². The van der Waals surface area contributed by atoms with Crippen LogP contribution in [-0.4, -0.2) is 29.6 Å². The second-order valence-corrected chi connectivity index (χ2v) is 6.83. The fraction of sp³-hybridized carbons (Fsp3) is 0.0909. The molecule has 0 aliphatic rings. The Hall–Kier alpha value is -4.00. The number of benzene rings is 2. The molecule has 3 aromatic heterocycles. The Kier molecular flexibility index (Phi) is 4.25. The molecule has 5 aromatic rings. The minimum absolute atomic E-state index is 0.662. The van der Waals surface area contributed by atoms with Crippen LogP contribution >= 0.6 is 0 Å². The summed E-state index contributed by atoms with van der Waals surface area (Å²) in [5.74, 6) is 1.49. The third-order valence-electron chi connectivity index (χ3n) is 4.73. The highest BCUT2D eigenvalue weighted by Gasteiger charge is 2.09. The Bertz CT molecular complexity index is 1270. The molecule has 142 valence electrons. The predicted octanol–water partition coefficient (Wildman–Crippen LogP) is 3.80. The summed E-state index contributed by atoms with van der Waals surface area (Å²) in [6, 6.07) is 22.2. The van der Waals surface area contributed by atoms with Gasteiger partial charge >= 0.3 is 0 Å². The maximum atomic E-state index is 4.68. The normalized spacial score (nSPS) is 11.1. The third-order valence-corrected chi connectivity index (χ3v) is 4.73. The van der Waals surface area contributed by atoms with Crippen molar-refractivity contribution >= 4 is 11.5 Å². The summed E-state index contributed by atoms with van der Waals surface area (Å²) in [5, 5.41) is 20.8. The van der Waals surface area contributed by atoms with Gasteiger partial charge in [0.15, 0.2) is 11.5 Å². The monoisotopic (exact) mass is 381 g/mol. The van der Waals surface area contributed by atoms with Crippen molar-refractivity contribution in [3.05, 3.63) is 84.7 Å². The molecule has 7 heteroatoms. The van der Waals surface area contributed by atoms with Crippen molar-refractivity contribution < 1.29 is 0 Å². The largest absolute Gasteiger partial charge is 0.365 e. The van der Waals surface area contributed by atoms with Crippen LogP contribution in [0.3, 0.4) is 0 Å². The van der Waals surface area contributed by atoms with Gasteiger partial charge in [0.1, 0.15) is 5.82 Å².